The summed E-state index contributed by atoms with van der Waals surface area (Å²) in [7, 11) is 0. The maximum absolute atomic E-state index is 11.4. The van der Waals surface area contributed by atoms with Crippen LogP contribution >= 0.6 is 0 Å². The van der Waals surface area contributed by atoms with Crippen molar-refractivity contribution in [2.75, 3.05) is 11.9 Å². The van der Waals surface area contributed by atoms with E-state index >= 15 is 0 Å². The molecule has 0 heterocycles. The summed E-state index contributed by atoms with van der Waals surface area (Å²) in [6.45, 7) is 2.16. The molecule has 0 fully saturated rings. The Balaban J connectivity index is 2.50. The molecule has 0 aliphatic rings. The Hall–Kier alpha value is -2.55. The standard InChI is InChI=1S/C12H13N3O3/c1-2-3-4-8-13-12(16)14-10-6-5-7-11(9-10)15(17)18/h5-7,9H,4,8H2,1H3,(H2,13,14,16). The van der Waals surface area contributed by atoms with E-state index in [4.69, 9.17) is 0 Å². The number of carbonyl (C=O) groups excluding carboxylic acids is 1. The third-order valence-electron chi connectivity index (χ3n) is 2.03. The average molecular weight is 247 g/mol. The topological polar surface area (TPSA) is 84.3 Å². The maximum Gasteiger partial charge on any atom is 0.319 e. The predicted octanol–water partition coefficient (Wildman–Crippen LogP) is 2.13. The van der Waals surface area contributed by atoms with Gasteiger partial charge in [-0.05, 0) is 13.0 Å². The molecule has 0 aromatic heterocycles. The molecule has 94 valence electrons. The number of urea groups is 1. The lowest BCUT2D eigenvalue weighted by Crippen LogP contribution is -2.29. The van der Waals surface area contributed by atoms with Crippen LogP contribution in [0.1, 0.15) is 13.3 Å². The largest absolute Gasteiger partial charge is 0.337 e. The Morgan fingerprint density at radius 1 is 1.50 bits per heavy atom. The number of benzene rings is 1. The molecule has 1 aromatic rings. The minimum Gasteiger partial charge on any atom is -0.337 e. The number of nitrogens with one attached hydrogen (secondary N) is 2. The second kappa shape index (κ2) is 6.91. The first-order valence-corrected chi connectivity index (χ1v) is 5.32. The summed E-state index contributed by atoms with van der Waals surface area (Å²) in [5.41, 5.74) is 0.313. The second-order valence-electron chi connectivity index (χ2n) is 3.37. The zero-order chi connectivity index (χ0) is 13.4. The van der Waals surface area contributed by atoms with Crippen molar-refractivity contribution in [3.63, 3.8) is 0 Å². The number of hydrogen-bond donors (Lipinski definition) is 2. The van der Waals surface area contributed by atoms with Crippen molar-refractivity contribution in [1.82, 2.24) is 5.32 Å². The summed E-state index contributed by atoms with van der Waals surface area (Å²) in [5, 5.41) is 15.6. The highest BCUT2D eigenvalue weighted by Crippen LogP contribution is 2.16. The lowest BCUT2D eigenvalue weighted by Gasteiger charge is -2.05. The number of hydrogen-bond acceptors (Lipinski definition) is 3. The number of amides is 2. The van der Waals surface area contributed by atoms with Gasteiger partial charge < -0.3 is 10.6 Å². The molecule has 0 aliphatic carbocycles. The monoisotopic (exact) mass is 247 g/mol. The first-order valence-electron chi connectivity index (χ1n) is 5.32. The van der Waals surface area contributed by atoms with Gasteiger partial charge in [-0.2, -0.15) is 0 Å². The molecule has 1 rings (SSSR count). The van der Waals surface area contributed by atoms with Crippen molar-refractivity contribution in [2.45, 2.75) is 13.3 Å². The Bertz CT molecular complexity index is 503. The molecule has 0 bridgehead atoms. The van der Waals surface area contributed by atoms with E-state index in [0.717, 1.165) is 0 Å². The lowest BCUT2D eigenvalue weighted by atomic mass is 10.3. The van der Waals surface area contributed by atoms with Crippen molar-refractivity contribution >= 4 is 17.4 Å². The zero-order valence-corrected chi connectivity index (χ0v) is 9.90. The van der Waals surface area contributed by atoms with Crippen molar-refractivity contribution in [3.8, 4) is 11.8 Å². The number of anilines is 1. The summed E-state index contributed by atoms with van der Waals surface area (Å²) in [6, 6.07) is 5.34. The van der Waals surface area contributed by atoms with Crippen LogP contribution in [0.5, 0.6) is 0 Å². The molecule has 2 N–H and O–H groups in total. The fourth-order valence-corrected chi connectivity index (χ4v) is 1.24. The van der Waals surface area contributed by atoms with Gasteiger partial charge in [-0.25, -0.2) is 4.79 Å². The van der Waals surface area contributed by atoms with Crippen molar-refractivity contribution < 1.29 is 9.72 Å². The molecule has 6 nitrogen and oxygen atoms in total. The van der Waals surface area contributed by atoms with Gasteiger partial charge in [0.1, 0.15) is 0 Å². The average Bonchev–Trinajstić information content (AvgIpc) is 2.35. The Kier molecular flexibility index (Phi) is 5.19. The number of rotatable bonds is 4. The second-order valence-corrected chi connectivity index (χ2v) is 3.37. The molecule has 0 radical (unpaired) electrons. The molecular weight excluding hydrogens is 234 g/mol. The van der Waals surface area contributed by atoms with Crippen LogP contribution in [0.4, 0.5) is 16.2 Å². The molecule has 6 heteroatoms. The smallest absolute Gasteiger partial charge is 0.319 e. The highest BCUT2D eigenvalue weighted by molar-refractivity contribution is 5.89. The Morgan fingerprint density at radius 2 is 2.28 bits per heavy atom. The van der Waals surface area contributed by atoms with Crippen LogP contribution in [0.3, 0.4) is 0 Å². The van der Waals surface area contributed by atoms with Crippen molar-refractivity contribution in [2.24, 2.45) is 0 Å². The van der Waals surface area contributed by atoms with E-state index in [9.17, 15) is 14.9 Å². The minimum absolute atomic E-state index is 0.0651. The summed E-state index contributed by atoms with van der Waals surface area (Å²) in [5.74, 6) is 5.52. The van der Waals surface area contributed by atoms with Crippen LogP contribution in [-0.2, 0) is 0 Å². The van der Waals surface area contributed by atoms with E-state index in [-0.39, 0.29) is 5.69 Å². The normalized spacial score (nSPS) is 8.94. The van der Waals surface area contributed by atoms with Gasteiger partial charge >= 0.3 is 6.03 Å². The number of nitro groups is 1. The van der Waals surface area contributed by atoms with E-state index < -0.39 is 11.0 Å². The van der Waals surface area contributed by atoms with E-state index in [2.05, 4.69) is 22.5 Å². The van der Waals surface area contributed by atoms with Crippen molar-refractivity contribution in [3.05, 3.63) is 34.4 Å². The first kappa shape index (κ1) is 13.5. The fourth-order valence-electron chi connectivity index (χ4n) is 1.24. The van der Waals surface area contributed by atoms with Crippen molar-refractivity contribution in [1.29, 1.82) is 0 Å². The Morgan fingerprint density at radius 3 is 2.94 bits per heavy atom. The fraction of sp³-hybridized carbons (Fsp3) is 0.250. The highest BCUT2D eigenvalue weighted by Gasteiger charge is 2.07. The molecule has 0 aliphatic heterocycles. The molecule has 18 heavy (non-hydrogen) atoms. The lowest BCUT2D eigenvalue weighted by molar-refractivity contribution is -0.384. The third kappa shape index (κ3) is 4.53. The SMILES string of the molecule is CC#CCCNC(=O)Nc1cccc([N+](=O)[O-])c1. The van der Waals surface area contributed by atoms with Gasteiger partial charge in [-0.1, -0.05) is 6.07 Å². The maximum atomic E-state index is 11.4. The summed E-state index contributed by atoms with van der Waals surface area (Å²) in [4.78, 5) is 21.4. The zero-order valence-electron chi connectivity index (χ0n) is 9.90. The van der Waals surface area contributed by atoms with E-state index in [0.29, 0.717) is 18.7 Å². The Labute approximate surface area is 105 Å². The van der Waals surface area contributed by atoms with Gasteiger partial charge in [0.25, 0.3) is 5.69 Å². The van der Waals surface area contributed by atoms with Gasteiger partial charge in [-0.3, -0.25) is 10.1 Å². The third-order valence-corrected chi connectivity index (χ3v) is 2.03. The van der Waals surface area contributed by atoms with Gasteiger partial charge in [0.2, 0.25) is 0 Å². The molecule has 0 spiro atoms. The number of non-ortho nitro benzene ring substituents is 1. The summed E-state index contributed by atoms with van der Waals surface area (Å²) >= 11 is 0. The van der Waals surface area contributed by atoms with Crippen LogP contribution in [0.25, 0.3) is 0 Å². The quantitative estimate of drug-likeness (QED) is 0.370. The molecule has 1 aromatic carbocycles. The summed E-state index contributed by atoms with van der Waals surface area (Å²) in [6.07, 6.45) is 0.568. The number of nitrogens with zero attached hydrogens (tertiary/aromatic N) is 1. The molecular formula is C12H13N3O3. The minimum atomic E-state index is -0.514. The first-order chi connectivity index (χ1) is 8.63. The predicted molar refractivity (Wildman–Crippen MR) is 68.2 cm³/mol. The summed E-state index contributed by atoms with van der Waals surface area (Å²) < 4.78 is 0. The van der Waals surface area contributed by atoms with Crippen LogP contribution < -0.4 is 10.6 Å². The van der Waals surface area contributed by atoms with Crippen LogP contribution in [-0.4, -0.2) is 17.5 Å². The molecule has 0 saturated heterocycles. The van der Waals surface area contributed by atoms with Gasteiger partial charge in [0.05, 0.1) is 4.92 Å². The van der Waals surface area contributed by atoms with E-state index in [1.807, 2.05) is 0 Å². The highest BCUT2D eigenvalue weighted by atomic mass is 16.6. The molecule has 2 amide bonds. The number of carbonyl (C=O) groups is 1. The van der Waals surface area contributed by atoms with E-state index in [1.165, 1.54) is 18.2 Å². The molecule has 0 atom stereocenters. The molecule has 0 unspecified atom stereocenters. The molecule has 0 saturated carbocycles. The van der Waals surface area contributed by atoms with Crippen LogP contribution in [0.15, 0.2) is 24.3 Å². The van der Waals surface area contributed by atoms with Crippen LogP contribution in [0.2, 0.25) is 0 Å². The van der Waals surface area contributed by atoms with E-state index in [1.54, 1.807) is 13.0 Å². The van der Waals surface area contributed by atoms with Gasteiger partial charge in [0.15, 0.2) is 0 Å². The number of nitro benzene ring substituents is 1. The van der Waals surface area contributed by atoms with Gasteiger partial charge in [-0.15, -0.1) is 11.8 Å². The van der Waals surface area contributed by atoms with Crippen LogP contribution in [0, 0.1) is 22.0 Å². The van der Waals surface area contributed by atoms with Gasteiger partial charge in [0, 0.05) is 30.8 Å².